The molecular formula is C33H52O7. The number of rotatable bonds is 5. The van der Waals surface area contributed by atoms with Crippen molar-refractivity contribution < 1.29 is 34.0 Å². The summed E-state index contributed by atoms with van der Waals surface area (Å²) in [6.45, 7) is 16.4. The molecule has 40 heavy (non-hydrogen) atoms. The number of carbonyl (C=O) groups excluding carboxylic acids is 1. The summed E-state index contributed by atoms with van der Waals surface area (Å²) in [7, 11) is 0. The Morgan fingerprint density at radius 2 is 1.73 bits per heavy atom. The molecule has 0 spiro atoms. The van der Waals surface area contributed by atoms with Crippen molar-refractivity contribution in [1.82, 2.24) is 0 Å². The third kappa shape index (κ3) is 4.08. The Bertz CT molecular complexity index is 1080. The molecule has 6 aliphatic rings. The van der Waals surface area contributed by atoms with Gasteiger partial charge in [-0.05, 0) is 121 Å². The van der Waals surface area contributed by atoms with E-state index in [2.05, 4.69) is 27.7 Å². The smallest absolute Gasteiger partial charge is 0.166 e. The van der Waals surface area contributed by atoms with Crippen LogP contribution in [0.1, 0.15) is 113 Å². The zero-order valence-corrected chi connectivity index (χ0v) is 25.9. The van der Waals surface area contributed by atoms with Crippen LogP contribution >= 0.6 is 0 Å². The largest absolute Gasteiger partial charge is 0.390 e. The normalized spacial score (nSPS) is 54.0. The van der Waals surface area contributed by atoms with Gasteiger partial charge in [0.05, 0.1) is 35.1 Å². The van der Waals surface area contributed by atoms with Crippen LogP contribution in [-0.2, 0) is 23.7 Å². The topological polar surface area (TPSA) is 94.5 Å². The van der Waals surface area contributed by atoms with E-state index < -0.39 is 28.0 Å². The fraction of sp³-hybridized carbons (Fsp3) is 0.909. The number of ether oxygens (including phenoxy) is 4. The molecule has 7 heteroatoms. The van der Waals surface area contributed by atoms with Gasteiger partial charge in [-0.3, -0.25) is 4.79 Å². The molecule has 5 fully saturated rings. The maximum atomic E-state index is 13.9. The van der Waals surface area contributed by atoms with Gasteiger partial charge in [0, 0.05) is 11.3 Å². The van der Waals surface area contributed by atoms with Gasteiger partial charge in [-0.25, -0.2) is 0 Å². The fourth-order valence-corrected chi connectivity index (χ4v) is 10.3. The van der Waals surface area contributed by atoms with Gasteiger partial charge in [-0.15, -0.1) is 0 Å². The first-order valence-corrected chi connectivity index (χ1v) is 15.9. The van der Waals surface area contributed by atoms with Crippen LogP contribution in [0.25, 0.3) is 0 Å². The van der Waals surface area contributed by atoms with E-state index in [4.69, 9.17) is 18.9 Å². The van der Waals surface area contributed by atoms with Crippen molar-refractivity contribution in [2.75, 3.05) is 0 Å². The number of allylic oxidation sites excluding steroid dienone is 1. The number of ketones is 1. The van der Waals surface area contributed by atoms with Gasteiger partial charge in [0.1, 0.15) is 0 Å². The average molecular weight is 561 g/mol. The highest BCUT2D eigenvalue weighted by molar-refractivity contribution is 5.95. The number of hydrogen-bond donors (Lipinski definition) is 2. The van der Waals surface area contributed by atoms with Gasteiger partial charge in [-0.1, -0.05) is 20.8 Å². The molecule has 0 aromatic heterocycles. The summed E-state index contributed by atoms with van der Waals surface area (Å²) >= 11 is 0. The molecule has 226 valence electrons. The summed E-state index contributed by atoms with van der Waals surface area (Å²) in [5, 5.41) is 23.2. The molecule has 2 unspecified atom stereocenters. The molecule has 3 saturated carbocycles. The van der Waals surface area contributed by atoms with Gasteiger partial charge in [0.15, 0.2) is 17.9 Å². The molecule has 2 N–H and O–H groups in total. The van der Waals surface area contributed by atoms with Crippen molar-refractivity contribution in [1.29, 1.82) is 0 Å². The molecule has 0 aromatic carbocycles. The maximum Gasteiger partial charge on any atom is 0.166 e. The third-order valence-corrected chi connectivity index (χ3v) is 12.6. The molecule has 2 aliphatic heterocycles. The summed E-state index contributed by atoms with van der Waals surface area (Å²) in [4.78, 5) is 13.9. The van der Waals surface area contributed by atoms with Crippen LogP contribution in [0, 0.1) is 28.6 Å². The van der Waals surface area contributed by atoms with Gasteiger partial charge in [0.25, 0.3) is 0 Å². The van der Waals surface area contributed by atoms with Crippen LogP contribution in [-0.4, -0.2) is 63.2 Å². The fourth-order valence-electron chi connectivity index (χ4n) is 10.3. The van der Waals surface area contributed by atoms with E-state index in [1.807, 2.05) is 33.8 Å². The van der Waals surface area contributed by atoms with Crippen molar-refractivity contribution in [3.8, 4) is 0 Å². The Hall–Kier alpha value is -0.830. The highest BCUT2D eigenvalue weighted by Gasteiger charge is 2.71. The third-order valence-electron chi connectivity index (χ3n) is 12.6. The van der Waals surface area contributed by atoms with Crippen molar-refractivity contribution in [2.45, 2.75) is 160 Å². The average Bonchev–Trinajstić information content (AvgIpc) is 3.44. The first-order valence-electron chi connectivity index (χ1n) is 15.9. The van der Waals surface area contributed by atoms with Gasteiger partial charge in [0.2, 0.25) is 0 Å². The van der Waals surface area contributed by atoms with E-state index >= 15 is 0 Å². The molecule has 0 aromatic rings. The molecule has 6 rings (SSSR count). The summed E-state index contributed by atoms with van der Waals surface area (Å²) < 4.78 is 25.7. The van der Waals surface area contributed by atoms with E-state index in [1.54, 1.807) is 0 Å². The standard InChI is InChI=1S/C33H52O7/c1-9-31(7)39-24-17-22-23(34)16-21-20(29(22,5)18-25(24)40-31)10-14-30(6)26(11-15-33(21,30)36)32(8)27(37-19(2)38-32)12-13-28(3,4)35/h16,19-20,22,24-27,35-36H,9-15,17-18H2,1-8H3/t19?,20-,22-,24+,25-,26-,27+,29+,30+,31?,32+,33+/m0/s1. The molecule has 7 nitrogen and oxygen atoms in total. The zero-order chi connectivity index (χ0) is 29.1. The van der Waals surface area contributed by atoms with Gasteiger partial charge < -0.3 is 29.2 Å². The Labute approximate surface area is 240 Å². The van der Waals surface area contributed by atoms with E-state index in [1.165, 1.54) is 0 Å². The molecule has 4 aliphatic carbocycles. The molecule has 12 atom stereocenters. The molecule has 2 heterocycles. The monoisotopic (exact) mass is 560 g/mol. The second kappa shape index (κ2) is 9.09. The second-order valence-electron chi connectivity index (χ2n) is 15.6. The van der Waals surface area contributed by atoms with Gasteiger partial charge >= 0.3 is 0 Å². The molecule has 0 bridgehead atoms. The predicted molar refractivity (Wildman–Crippen MR) is 150 cm³/mol. The zero-order valence-electron chi connectivity index (χ0n) is 25.9. The second-order valence-corrected chi connectivity index (χ2v) is 15.6. The Kier molecular flexibility index (Phi) is 6.65. The number of aliphatic hydroxyl groups is 2. The van der Waals surface area contributed by atoms with E-state index in [9.17, 15) is 15.0 Å². The number of hydrogen-bond acceptors (Lipinski definition) is 7. The molecular weight excluding hydrogens is 508 g/mol. The van der Waals surface area contributed by atoms with E-state index in [-0.39, 0.29) is 53.6 Å². The first-order chi connectivity index (χ1) is 18.5. The summed E-state index contributed by atoms with van der Waals surface area (Å²) in [5.41, 5.74) is -2.19. The van der Waals surface area contributed by atoms with Crippen LogP contribution in [0.4, 0.5) is 0 Å². The lowest BCUT2D eigenvalue weighted by atomic mass is 9.45. The highest BCUT2D eigenvalue weighted by atomic mass is 16.8. The summed E-state index contributed by atoms with van der Waals surface area (Å²) in [6.07, 6.45) is 8.09. The Morgan fingerprint density at radius 3 is 2.40 bits per heavy atom. The quantitative estimate of drug-likeness (QED) is 0.462. The van der Waals surface area contributed by atoms with Crippen molar-refractivity contribution >= 4 is 5.78 Å². The lowest BCUT2D eigenvalue weighted by molar-refractivity contribution is -0.164. The first kappa shape index (κ1) is 29.3. The van der Waals surface area contributed by atoms with E-state index in [0.717, 1.165) is 37.7 Å². The lowest BCUT2D eigenvalue weighted by Gasteiger charge is -2.60. The number of carbonyl (C=O) groups is 1. The van der Waals surface area contributed by atoms with Crippen molar-refractivity contribution in [3.05, 3.63) is 11.6 Å². The van der Waals surface area contributed by atoms with E-state index in [0.29, 0.717) is 25.7 Å². The van der Waals surface area contributed by atoms with Crippen molar-refractivity contribution in [2.24, 2.45) is 28.6 Å². The SMILES string of the molecule is CCC1(C)O[C@H]2C[C@@]3(C)[C@@H](C[C@H]2O1)C(=O)C=C1[C@@H]3CC[C@]2(C)[C@@H]([C@@]3(C)OC(C)O[C@@H]3CCC(C)(C)O)CC[C@@]12O. The minimum Gasteiger partial charge on any atom is -0.390 e. The minimum absolute atomic E-state index is 0.0152. The lowest BCUT2D eigenvalue weighted by Crippen LogP contribution is -2.62. The summed E-state index contributed by atoms with van der Waals surface area (Å²) in [6, 6.07) is 0. The Balaban J connectivity index is 1.31. The minimum atomic E-state index is -1.06. The van der Waals surface area contributed by atoms with Crippen molar-refractivity contribution in [3.63, 3.8) is 0 Å². The maximum absolute atomic E-state index is 13.9. The predicted octanol–water partition coefficient (Wildman–Crippen LogP) is 5.45. The Morgan fingerprint density at radius 1 is 1.02 bits per heavy atom. The number of fused-ring (bicyclic) bond motifs is 6. The van der Waals surface area contributed by atoms with Gasteiger partial charge in [-0.2, -0.15) is 0 Å². The van der Waals surface area contributed by atoms with Crippen LogP contribution < -0.4 is 0 Å². The van der Waals surface area contributed by atoms with Crippen LogP contribution in [0.3, 0.4) is 0 Å². The molecule has 0 radical (unpaired) electrons. The summed E-state index contributed by atoms with van der Waals surface area (Å²) in [5.74, 6) is -0.338. The van der Waals surface area contributed by atoms with Crippen LogP contribution in [0.15, 0.2) is 11.6 Å². The highest BCUT2D eigenvalue weighted by Crippen LogP contribution is 2.70. The van der Waals surface area contributed by atoms with Crippen LogP contribution in [0.2, 0.25) is 0 Å². The molecule has 0 amide bonds. The van der Waals surface area contributed by atoms with Crippen LogP contribution in [0.5, 0.6) is 0 Å². The molecule has 2 saturated heterocycles.